The van der Waals surface area contributed by atoms with Gasteiger partial charge >= 0.3 is 5.97 Å². The van der Waals surface area contributed by atoms with Crippen LogP contribution in [0, 0.1) is 0 Å². The molecule has 1 aliphatic heterocycles. The average molecular weight is 262 g/mol. The minimum atomic E-state index is -0.300. The van der Waals surface area contributed by atoms with Crippen LogP contribution in [0.2, 0.25) is 0 Å². The van der Waals surface area contributed by atoms with Crippen molar-refractivity contribution in [2.75, 3.05) is 14.2 Å². The van der Waals surface area contributed by atoms with E-state index in [1.165, 1.54) is 7.11 Å². The third-order valence-electron chi connectivity index (χ3n) is 3.32. The number of hydrogen-bond donors (Lipinski definition) is 0. The van der Waals surface area contributed by atoms with Crippen LogP contribution >= 0.6 is 0 Å². The van der Waals surface area contributed by atoms with E-state index in [4.69, 9.17) is 14.2 Å². The molecule has 1 atom stereocenters. The first-order valence-electron chi connectivity index (χ1n) is 6.24. The Bertz CT molecular complexity index is 487. The van der Waals surface area contributed by atoms with Crippen molar-refractivity contribution in [3.8, 4) is 5.75 Å². The molecule has 0 fully saturated rings. The third kappa shape index (κ3) is 2.89. The van der Waals surface area contributed by atoms with E-state index in [1.54, 1.807) is 7.11 Å². The second kappa shape index (κ2) is 5.78. The highest BCUT2D eigenvalue weighted by atomic mass is 16.5. The number of hydrogen-bond acceptors (Lipinski definition) is 4. The Labute approximate surface area is 113 Å². The Morgan fingerprint density at radius 1 is 1.26 bits per heavy atom. The number of ether oxygens (including phenoxy) is 3. The van der Waals surface area contributed by atoms with Crippen LogP contribution in [0.5, 0.6) is 5.75 Å². The van der Waals surface area contributed by atoms with E-state index in [2.05, 4.69) is 0 Å². The number of carbonyl (C=O) groups excluding carboxylic acids is 1. The molecular formula is C15H18O4. The van der Waals surface area contributed by atoms with Crippen LogP contribution in [0.3, 0.4) is 0 Å². The van der Waals surface area contributed by atoms with Crippen LogP contribution < -0.4 is 4.74 Å². The SMILES string of the molecule is COC(=O)C1=C(C)OC(c2ccc(OC)cc2)CC1. The number of allylic oxidation sites excluding steroid dienone is 1. The zero-order valence-electron chi connectivity index (χ0n) is 11.4. The summed E-state index contributed by atoms with van der Waals surface area (Å²) in [4.78, 5) is 11.5. The zero-order valence-corrected chi connectivity index (χ0v) is 11.4. The standard InChI is InChI=1S/C15H18O4/c1-10-13(15(16)18-3)8-9-14(19-10)11-4-6-12(17-2)7-5-11/h4-7,14H,8-9H2,1-3H3. The summed E-state index contributed by atoms with van der Waals surface area (Å²) < 4.78 is 15.7. The Balaban J connectivity index is 2.13. The number of esters is 1. The maximum Gasteiger partial charge on any atom is 0.337 e. The van der Waals surface area contributed by atoms with Gasteiger partial charge in [-0.25, -0.2) is 4.79 Å². The van der Waals surface area contributed by atoms with Crippen molar-refractivity contribution < 1.29 is 19.0 Å². The van der Waals surface area contributed by atoms with Gasteiger partial charge < -0.3 is 14.2 Å². The summed E-state index contributed by atoms with van der Waals surface area (Å²) in [6.45, 7) is 1.81. The molecule has 4 heteroatoms. The molecule has 1 aliphatic rings. The second-order valence-corrected chi connectivity index (χ2v) is 4.44. The molecule has 1 aromatic carbocycles. The summed E-state index contributed by atoms with van der Waals surface area (Å²) in [6, 6.07) is 7.79. The lowest BCUT2D eigenvalue weighted by Crippen LogP contribution is -2.17. The molecule has 0 spiro atoms. The van der Waals surface area contributed by atoms with Gasteiger partial charge in [0.05, 0.1) is 19.8 Å². The van der Waals surface area contributed by atoms with E-state index < -0.39 is 0 Å². The molecule has 1 aromatic rings. The zero-order chi connectivity index (χ0) is 13.8. The summed E-state index contributed by atoms with van der Waals surface area (Å²) in [5, 5.41) is 0. The molecular weight excluding hydrogens is 244 g/mol. The minimum absolute atomic E-state index is 0.0145. The van der Waals surface area contributed by atoms with Crippen LogP contribution in [0.15, 0.2) is 35.6 Å². The van der Waals surface area contributed by atoms with Crippen molar-refractivity contribution in [2.24, 2.45) is 0 Å². The van der Waals surface area contributed by atoms with Gasteiger partial charge in [-0.3, -0.25) is 0 Å². The smallest absolute Gasteiger partial charge is 0.337 e. The van der Waals surface area contributed by atoms with Gasteiger partial charge in [-0.1, -0.05) is 12.1 Å². The van der Waals surface area contributed by atoms with Crippen LogP contribution in [0.25, 0.3) is 0 Å². The van der Waals surface area contributed by atoms with E-state index >= 15 is 0 Å². The Hall–Kier alpha value is -1.97. The van der Waals surface area contributed by atoms with Crippen molar-refractivity contribution in [2.45, 2.75) is 25.9 Å². The quantitative estimate of drug-likeness (QED) is 0.785. The molecule has 19 heavy (non-hydrogen) atoms. The lowest BCUT2D eigenvalue weighted by molar-refractivity contribution is -0.137. The van der Waals surface area contributed by atoms with E-state index in [0.29, 0.717) is 17.8 Å². The average Bonchev–Trinajstić information content (AvgIpc) is 2.46. The van der Waals surface area contributed by atoms with Gasteiger partial charge in [0.1, 0.15) is 17.6 Å². The molecule has 2 rings (SSSR count). The number of rotatable bonds is 3. The molecule has 0 N–H and O–H groups in total. The van der Waals surface area contributed by atoms with Crippen LogP contribution in [-0.2, 0) is 14.3 Å². The maximum absolute atomic E-state index is 11.5. The lowest BCUT2D eigenvalue weighted by atomic mass is 9.97. The molecule has 0 saturated carbocycles. The van der Waals surface area contributed by atoms with Crippen molar-refractivity contribution in [1.82, 2.24) is 0 Å². The number of carbonyl (C=O) groups is 1. The molecule has 4 nitrogen and oxygen atoms in total. The number of benzene rings is 1. The fraction of sp³-hybridized carbons (Fsp3) is 0.400. The van der Waals surface area contributed by atoms with Gasteiger partial charge in [0.15, 0.2) is 0 Å². The largest absolute Gasteiger partial charge is 0.497 e. The monoisotopic (exact) mass is 262 g/mol. The van der Waals surface area contributed by atoms with Gasteiger partial charge in [-0.15, -0.1) is 0 Å². The fourth-order valence-electron chi connectivity index (χ4n) is 2.22. The molecule has 0 bridgehead atoms. The molecule has 0 amide bonds. The normalized spacial score (nSPS) is 18.8. The van der Waals surface area contributed by atoms with Crippen molar-refractivity contribution in [1.29, 1.82) is 0 Å². The predicted octanol–water partition coefficient (Wildman–Crippen LogP) is 2.99. The second-order valence-electron chi connectivity index (χ2n) is 4.44. The fourth-order valence-corrected chi connectivity index (χ4v) is 2.22. The minimum Gasteiger partial charge on any atom is -0.497 e. The first-order chi connectivity index (χ1) is 9.15. The third-order valence-corrected chi connectivity index (χ3v) is 3.32. The Morgan fingerprint density at radius 2 is 1.95 bits per heavy atom. The molecule has 0 saturated heterocycles. The highest BCUT2D eigenvalue weighted by molar-refractivity contribution is 5.88. The molecule has 0 aliphatic carbocycles. The predicted molar refractivity (Wildman–Crippen MR) is 70.8 cm³/mol. The van der Waals surface area contributed by atoms with Gasteiger partial charge in [0, 0.05) is 0 Å². The van der Waals surface area contributed by atoms with E-state index in [0.717, 1.165) is 17.7 Å². The number of methoxy groups -OCH3 is 2. The summed E-state index contributed by atoms with van der Waals surface area (Å²) in [5.74, 6) is 1.17. The lowest BCUT2D eigenvalue weighted by Gasteiger charge is -2.26. The van der Waals surface area contributed by atoms with E-state index in [-0.39, 0.29) is 12.1 Å². The summed E-state index contributed by atoms with van der Waals surface area (Å²) in [5.41, 5.74) is 1.72. The molecule has 1 heterocycles. The first kappa shape index (κ1) is 13.5. The van der Waals surface area contributed by atoms with Crippen LogP contribution in [0.4, 0.5) is 0 Å². The summed E-state index contributed by atoms with van der Waals surface area (Å²) >= 11 is 0. The molecule has 1 unspecified atom stereocenters. The Morgan fingerprint density at radius 3 is 2.47 bits per heavy atom. The van der Waals surface area contributed by atoms with Crippen LogP contribution in [-0.4, -0.2) is 20.2 Å². The van der Waals surface area contributed by atoms with Crippen molar-refractivity contribution >= 4 is 5.97 Å². The highest BCUT2D eigenvalue weighted by Gasteiger charge is 2.25. The Kier molecular flexibility index (Phi) is 4.10. The molecule has 102 valence electrons. The van der Waals surface area contributed by atoms with E-state index in [9.17, 15) is 4.79 Å². The summed E-state index contributed by atoms with van der Waals surface area (Å²) in [7, 11) is 3.03. The molecule has 0 radical (unpaired) electrons. The van der Waals surface area contributed by atoms with Crippen molar-refractivity contribution in [3.63, 3.8) is 0 Å². The van der Waals surface area contributed by atoms with Gasteiger partial charge in [-0.05, 0) is 37.5 Å². The van der Waals surface area contributed by atoms with Gasteiger partial charge in [0.2, 0.25) is 0 Å². The van der Waals surface area contributed by atoms with Gasteiger partial charge in [0.25, 0.3) is 0 Å². The molecule has 0 aromatic heterocycles. The van der Waals surface area contributed by atoms with Gasteiger partial charge in [-0.2, -0.15) is 0 Å². The first-order valence-corrected chi connectivity index (χ1v) is 6.24. The van der Waals surface area contributed by atoms with E-state index in [1.807, 2.05) is 31.2 Å². The topological polar surface area (TPSA) is 44.8 Å². The highest BCUT2D eigenvalue weighted by Crippen LogP contribution is 2.34. The van der Waals surface area contributed by atoms with Crippen LogP contribution in [0.1, 0.15) is 31.4 Å². The van der Waals surface area contributed by atoms with Crippen molar-refractivity contribution in [3.05, 3.63) is 41.2 Å². The maximum atomic E-state index is 11.5. The summed E-state index contributed by atoms with van der Waals surface area (Å²) in [6.07, 6.45) is 1.43.